The van der Waals surface area contributed by atoms with Crippen LogP contribution in [-0.2, 0) is 9.47 Å². The Morgan fingerprint density at radius 1 is 1.08 bits per heavy atom. The maximum Gasteiger partial charge on any atom is 0.134 e. The van der Waals surface area contributed by atoms with Crippen LogP contribution < -0.4 is 9.80 Å². The highest BCUT2D eigenvalue weighted by molar-refractivity contribution is 5.50. The highest BCUT2D eigenvalue weighted by Crippen LogP contribution is 2.26. The smallest absolute Gasteiger partial charge is 0.134 e. The van der Waals surface area contributed by atoms with Crippen LogP contribution in [0.25, 0.3) is 0 Å². The van der Waals surface area contributed by atoms with E-state index in [0.717, 1.165) is 82.8 Å². The second kappa shape index (κ2) is 8.53. The molecule has 0 N–H and O–H groups in total. The molecule has 4 heterocycles. The van der Waals surface area contributed by atoms with Gasteiger partial charge in [-0.15, -0.1) is 0 Å². The van der Waals surface area contributed by atoms with E-state index < -0.39 is 0 Å². The number of anilines is 2. The molecule has 6 heteroatoms. The minimum absolute atomic E-state index is 0.385. The minimum Gasteiger partial charge on any atom is -0.381 e. The molecule has 4 rings (SSSR count). The van der Waals surface area contributed by atoms with E-state index in [9.17, 15) is 0 Å². The molecule has 0 aromatic carbocycles. The van der Waals surface area contributed by atoms with Gasteiger partial charge in [-0.2, -0.15) is 0 Å². The lowest BCUT2D eigenvalue weighted by atomic mass is 10.0. The lowest BCUT2D eigenvalue weighted by Gasteiger charge is -2.35. The fraction of sp³-hybridized carbons (Fsp3) is 0.800. The Hall–Kier alpha value is -1.40. The SMILES string of the molecule is CC1CCCN(c2cc(N3CCC(OCC4CCOC4)CC3)ncn2)C1. The average Bonchev–Trinajstić information content (AvgIpc) is 3.21. The van der Waals surface area contributed by atoms with Crippen molar-refractivity contribution in [2.45, 2.75) is 45.1 Å². The zero-order valence-corrected chi connectivity index (χ0v) is 16.0. The molecule has 0 aliphatic carbocycles. The van der Waals surface area contributed by atoms with Crippen LogP contribution in [0.4, 0.5) is 11.6 Å². The molecule has 144 valence electrons. The molecule has 3 aliphatic rings. The second-order valence-corrected chi connectivity index (χ2v) is 8.18. The van der Waals surface area contributed by atoms with Gasteiger partial charge in [0.2, 0.25) is 0 Å². The summed E-state index contributed by atoms with van der Waals surface area (Å²) in [6.07, 6.45) is 8.01. The summed E-state index contributed by atoms with van der Waals surface area (Å²) in [4.78, 5) is 13.9. The fourth-order valence-corrected chi connectivity index (χ4v) is 4.32. The van der Waals surface area contributed by atoms with Crippen molar-refractivity contribution in [1.29, 1.82) is 0 Å². The number of nitrogens with zero attached hydrogens (tertiary/aromatic N) is 4. The van der Waals surface area contributed by atoms with Crippen LogP contribution in [0.2, 0.25) is 0 Å². The third-order valence-corrected chi connectivity index (χ3v) is 5.98. The van der Waals surface area contributed by atoms with Crippen molar-refractivity contribution in [2.24, 2.45) is 11.8 Å². The van der Waals surface area contributed by atoms with Gasteiger partial charge in [-0.05, 0) is 38.0 Å². The molecule has 6 nitrogen and oxygen atoms in total. The van der Waals surface area contributed by atoms with Gasteiger partial charge in [0, 0.05) is 44.8 Å². The number of rotatable bonds is 5. The second-order valence-electron chi connectivity index (χ2n) is 8.18. The molecular weight excluding hydrogens is 328 g/mol. The summed E-state index contributed by atoms with van der Waals surface area (Å²) in [5.41, 5.74) is 0. The van der Waals surface area contributed by atoms with Crippen molar-refractivity contribution in [3.63, 3.8) is 0 Å². The molecule has 2 unspecified atom stereocenters. The van der Waals surface area contributed by atoms with E-state index in [1.807, 2.05) is 0 Å². The zero-order chi connectivity index (χ0) is 17.8. The number of hydrogen-bond acceptors (Lipinski definition) is 6. The van der Waals surface area contributed by atoms with Crippen molar-refractivity contribution in [2.75, 3.05) is 55.8 Å². The predicted octanol–water partition coefficient (Wildman–Crippen LogP) is 2.73. The Morgan fingerprint density at radius 3 is 2.62 bits per heavy atom. The van der Waals surface area contributed by atoms with Gasteiger partial charge in [0.25, 0.3) is 0 Å². The van der Waals surface area contributed by atoms with Crippen molar-refractivity contribution >= 4 is 11.6 Å². The van der Waals surface area contributed by atoms with E-state index >= 15 is 0 Å². The fourth-order valence-electron chi connectivity index (χ4n) is 4.32. The molecule has 0 saturated carbocycles. The maximum absolute atomic E-state index is 6.13. The molecule has 3 aliphatic heterocycles. The van der Waals surface area contributed by atoms with Gasteiger partial charge in [-0.3, -0.25) is 0 Å². The van der Waals surface area contributed by atoms with Crippen LogP contribution in [0.3, 0.4) is 0 Å². The minimum atomic E-state index is 0.385. The third-order valence-electron chi connectivity index (χ3n) is 5.98. The first-order chi connectivity index (χ1) is 12.8. The molecule has 0 amide bonds. The summed E-state index contributed by atoms with van der Waals surface area (Å²) in [5, 5.41) is 0. The first kappa shape index (κ1) is 18.0. The monoisotopic (exact) mass is 360 g/mol. The Bertz CT molecular complexity index is 571. The van der Waals surface area contributed by atoms with Gasteiger partial charge in [-0.25, -0.2) is 9.97 Å². The van der Waals surface area contributed by atoms with E-state index in [-0.39, 0.29) is 0 Å². The number of aromatic nitrogens is 2. The lowest BCUT2D eigenvalue weighted by molar-refractivity contribution is 0.0131. The number of hydrogen-bond donors (Lipinski definition) is 0. The van der Waals surface area contributed by atoms with Crippen molar-refractivity contribution < 1.29 is 9.47 Å². The number of ether oxygens (including phenoxy) is 2. The molecule has 0 radical (unpaired) electrons. The summed E-state index contributed by atoms with van der Waals surface area (Å²) in [7, 11) is 0. The van der Waals surface area contributed by atoms with Gasteiger partial charge < -0.3 is 19.3 Å². The molecular formula is C20H32N4O2. The summed E-state index contributed by atoms with van der Waals surface area (Å²) < 4.78 is 11.6. The van der Waals surface area contributed by atoms with Gasteiger partial charge in [0.1, 0.15) is 18.0 Å². The van der Waals surface area contributed by atoms with Crippen LogP contribution in [0.5, 0.6) is 0 Å². The van der Waals surface area contributed by atoms with Gasteiger partial charge >= 0.3 is 0 Å². The van der Waals surface area contributed by atoms with Crippen LogP contribution >= 0.6 is 0 Å². The third kappa shape index (κ3) is 4.46. The molecule has 2 atom stereocenters. The molecule has 3 saturated heterocycles. The first-order valence-electron chi connectivity index (χ1n) is 10.3. The molecule has 0 bridgehead atoms. The van der Waals surface area contributed by atoms with Gasteiger partial charge in [0.05, 0.1) is 19.3 Å². The predicted molar refractivity (Wildman–Crippen MR) is 103 cm³/mol. The Morgan fingerprint density at radius 2 is 1.88 bits per heavy atom. The highest BCUT2D eigenvalue weighted by Gasteiger charge is 2.24. The standard InChI is InChI=1S/C20H32N4O2/c1-16-3-2-7-24(12-16)20-11-19(21-15-22-20)23-8-4-18(5-9-23)26-14-17-6-10-25-13-17/h11,15-18H,2-10,12-14H2,1H3. The molecule has 1 aromatic rings. The Balaban J connectivity index is 1.29. The van der Waals surface area contributed by atoms with Crippen molar-refractivity contribution in [1.82, 2.24) is 9.97 Å². The molecule has 26 heavy (non-hydrogen) atoms. The van der Waals surface area contributed by atoms with Crippen molar-refractivity contribution in [3.05, 3.63) is 12.4 Å². The van der Waals surface area contributed by atoms with E-state index in [1.165, 1.54) is 12.8 Å². The molecule has 1 aromatic heterocycles. The molecule has 3 fully saturated rings. The van der Waals surface area contributed by atoms with Crippen LogP contribution in [0.1, 0.15) is 39.0 Å². The lowest BCUT2D eigenvalue weighted by Crippen LogP contribution is -2.38. The zero-order valence-electron chi connectivity index (χ0n) is 16.0. The molecule has 0 spiro atoms. The first-order valence-corrected chi connectivity index (χ1v) is 10.3. The Labute approximate surface area is 156 Å². The van der Waals surface area contributed by atoms with E-state index in [0.29, 0.717) is 12.0 Å². The Kier molecular flexibility index (Phi) is 5.90. The number of piperidine rings is 2. The normalized spacial score (nSPS) is 27.9. The topological polar surface area (TPSA) is 50.7 Å². The van der Waals surface area contributed by atoms with Gasteiger partial charge in [-0.1, -0.05) is 6.92 Å². The quantitative estimate of drug-likeness (QED) is 0.805. The average molecular weight is 361 g/mol. The maximum atomic E-state index is 6.13. The van der Waals surface area contributed by atoms with Gasteiger partial charge in [0.15, 0.2) is 0 Å². The van der Waals surface area contributed by atoms with Crippen molar-refractivity contribution in [3.8, 4) is 0 Å². The van der Waals surface area contributed by atoms with E-state index in [2.05, 4.69) is 32.8 Å². The van der Waals surface area contributed by atoms with E-state index in [1.54, 1.807) is 6.33 Å². The summed E-state index contributed by atoms with van der Waals surface area (Å²) in [6, 6.07) is 2.18. The van der Waals surface area contributed by atoms with Crippen LogP contribution in [-0.4, -0.2) is 62.1 Å². The largest absolute Gasteiger partial charge is 0.381 e. The van der Waals surface area contributed by atoms with E-state index in [4.69, 9.17) is 9.47 Å². The highest BCUT2D eigenvalue weighted by atomic mass is 16.5. The van der Waals surface area contributed by atoms with Crippen LogP contribution in [0, 0.1) is 11.8 Å². The summed E-state index contributed by atoms with van der Waals surface area (Å²) >= 11 is 0. The summed E-state index contributed by atoms with van der Waals surface area (Å²) in [6.45, 7) is 9.21. The van der Waals surface area contributed by atoms with Crippen LogP contribution in [0.15, 0.2) is 12.4 Å². The summed E-state index contributed by atoms with van der Waals surface area (Å²) in [5.74, 6) is 3.50.